The van der Waals surface area contributed by atoms with Gasteiger partial charge in [-0.15, -0.1) is 11.3 Å². The van der Waals surface area contributed by atoms with E-state index in [4.69, 9.17) is 0 Å². The van der Waals surface area contributed by atoms with Gasteiger partial charge in [-0.2, -0.15) is 5.10 Å². The normalized spacial score (nSPS) is 21.2. The number of carbonyl (C=O) groups excluding carboxylic acids is 1. The average molecular weight is 460 g/mol. The molecule has 2 saturated heterocycles. The number of para-hydroxylation sites is 1. The van der Waals surface area contributed by atoms with E-state index in [0.717, 1.165) is 27.3 Å². The van der Waals surface area contributed by atoms with Crippen LogP contribution < -0.4 is 4.90 Å². The predicted octanol–water partition coefficient (Wildman–Crippen LogP) is 2.43. The van der Waals surface area contributed by atoms with Gasteiger partial charge in [0.05, 0.1) is 44.8 Å². The van der Waals surface area contributed by atoms with Gasteiger partial charge < -0.3 is 9.80 Å². The molecule has 2 aliphatic rings. The molecule has 2 aliphatic heterocycles. The van der Waals surface area contributed by atoms with Crippen molar-refractivity contribution in [2.24, 2.45) is 0 Å². The average Bonchev–Trinajstić information content (AvgIpc) is 3.42. The van der Waals surface area contributed by atoms with E-state index in [9.17, 15) is 13.2 Å². The van der Waals surface area contributed by atoms with Crippen LogP contribution in [0, 0.1) is 13.8 Å². The largest absolute Gasteiger partial charge is 0.365 e. The maximum absolute atomic E-state index is 13.0. The van der Waals surface area contributed by atoms with E-state index in [-0.39, 0.29) is 23.5 Å². The lowest BCUT2D eigenvalue weighted by Crippen LogP contribution is -2.49. The van der Waals surface area contributed by atoms with E-state index in [1.165, 1.54) is 11.3 Å². The van der Waals surface area contributed by atoms with E-state index in [0.29, 0.717) is 37.6 Å². The smallest absolute Gasteiger partial charge is 0.282 e. The molecular weight excluding hydrogens is 434 g/mol. The second kappa shape index (κ2) is 7.59. The number of hydrogen-bond acceptors (Lipinski definition) is 7. The van der Waals surface area contributed by atoms with E-state index in [2.05, 4.69) is 15.0 Å². The topological polar surface area (TPSA) is 88.4 Å². The summed E-state index contributed by atoms with van der Waals surface area (Å²) in [6.45, 7) is 6.66. The van der Waals surface area contributed by atoms with Gasteiger partial charge in [-0.3, -0.25) is 9.48 Å². The molecule has 1 amide bonds. The standard InChI is InChI=1S/C21H25N5O3S2/c1-14-19(15(2)26(23-14)16-7-12-31(28,29)13-16)24-8-10-25(11-9-24)21(27)20-22-17-5-3-4-6-18(17)30-20/h3-6,16H,7-13H2,1-2H3. The van der Waals surface area contributed by atoms with Crippen LogP contribution in [0.2, 0.25) is 0 Å². The number of anilines is 1. The lowest BCUT2D eigenvalue weighted by Gasteiger charge is -2.36. The van der Waals surface area contributed by atoms with Crippen molar-refractivity contribution in [2.45, 2.75) is 26.3 Å². The Morgan fingerprint density at radius 1 is 1.13 bits per heavy atom. The van der Waals surface area contributed by atoms with Crippen LogP contribution in [0.15, 0.2) is 24.3 Å². The van der Waals surface area contributed by atoms with Crippen molar-refractivity contribution in [3.8, 4) is 0 Å². The number of amides is 1. The number of aromatic nitrogens is 3. The maximum Gasteiger partial charge on any atom is 0.282 e. The highest BCUT2D eigenvalue weighted by Crippen LogP contribution is 2.32. The fourth-order valence-electron chi connectivity index (χ4n) is 4.67. The molecule has 0 radical (unpaired) electrons. The van der Waals surface area contributed by atoms with Gasteiger partial charge in [0, 0.05) is 26.2 Å². The van der Waals surface area contributed by atoms with Crippen LogP contribution >= 0.6 is 11.3 Å². The van der Waals surface area contributed by atoms with E-state index >= 15 is 0 Å². The molecule has 4 heterocycles. The molecular formula is C21H25N5O3S2. The number of piperazine rings is 1. The minimum atomic E-state index is -2.97. The summed E-state index contributed by atoms with van der Waals surface area (Å²) in [5.74, 6) is 0.387. The minimum absolute atomic E-state index is 0.0128. The van der Waals surface area contributed by atoms with E-state index < -0.39 is 9.84 Å². The van der Waals surface area contributed by atoms with Gasteiger partial charge in [0.1, 0.15) is 0 Å². The van der Waals surface area contributed by atoms with E-state index in [1.54, 1.807) is 0 Å². The molecule has 1 atom stereocenters. The molecule has 0 bridgehead atoms. The van der Waals surface area contributed by atoms with Crippen LogP contribution in [0.1, 0.15) is 33.7 Å². The van der Waals surface area contributed by atoms with Gasteiger partial charge in [0.2, 0.25) is 0 Å². The lowest BCUT2D eigenvalue weighted by molar-refractivity contribution is 0.0746. The molecule has 10 heteroatoms. The summed E-state index contributed by atoms with van der Waals surface area (Å²) in [4.78, 5) is 21.6. The third-order valence-electron chi connectivity index (χ3n) is 6.20. The van der Waals surface area contributed by atoms with Gasteiger partial charge in [0.15, 0.2) is 14.8 Å². The van der Waals surface area contributed by atoms with Crippen molar-refractivity contribution in [2.75, 3.05) is 42.6 Å². The monoisotopic (exact) mass is 459 g/mol. The number of benzene rings is 1. The van der Waals surface area contributed by atoms with Gasteiger partial charge >= 0.3 is 0 Å². The Labute approximate surface area is 185 Å². The summed E-state index contributed by atoms with van der Waals surface area (Å²) >= 11 is 1.44. The molecule has 8 nitrogen and oxygen atoms in total. The van der Waals surface area contributed by atoms with Crippen molar-refractivity contribution in [1.29, 1.82) is 0 Å². The van der Waals surface area contributed by atoms with Crippen LogP contribution in [0.3, 0.4) is 0 Å². The molecule has 0 spiro atoms. The van der Waals surface area contributed by atoms with Crippen molar-refractivity contribution in [1.82, 2.24) is 19.7 Å². The zero-order valence-corrected chi connectivity index (χ0v) is 19.2. The number of rotatable bonds is 3. The minimum Gasteiger partial charge on any atom is -0.365 e. The molecule has 2 fully saturated rings. The SMILES string of the molecule is Cc1nn(C2CCS(=O)(=O)C2)c(C)c1N1CCN(C(=O)c2nc3ccccc3s2)CC1. The van der Waals surface area contributed by atoms with Crippen LogP contribution in [0.25, 0.3) is 10.2 Å². The second-order valence-electron chi connectivity index (χ2n) is 8.29. The summed E-state index contributed by atoms with van der Waals surface area (Å²) in [6, 6.07) is 7.72. The maximum atomic E-state index is 13.0. The number of carbonyl (C=O) groups is 1. The first-order chi connectivity index (χ1) is 14.8. The Hall–Kier alpha value is -2.46. The zero-order valence-electron chi connectivity index (χ0n) is 17.6. The van der Waals surface area contributed by atoms with Crippen LogP contribution in [-0.4, -0.2) is 71.7 Å². The Balaban J connectivity index is 1.30. The van der Waals surface area contributed by atoms with Crippen LogP contribution in [0.5, 0.6) is 0 Å². The summed E-state index contributed by atoms with van der Waals surface area (Å²) in [7, 11) is -2.97. The first kappa shape index (κ1) is 20.4. The number of aryl methyl sites for hydroxylation is 1. The molecule has 3 aromatic rings. The molecule has 5 rings (SSSR count). The van der Waals surface area contributed by atoms with Gasteiger partial charge in [0.25, 0.3) is 5.91 Å². The fourth-order valence-corrected chi connectivity index (χ4v) is 7.29. The number of sulfone groups is 1. The second-order valence-corrected chi connectivity index (χ2v) is 11.5. The quantitative estimate of drug-likeness (QED) is 0.598. The summed E-state index contributed by atoms with van der Waals surface area (Å²) in [5.41, 5.74) is 3.84. The molecule has 1 aromatic carbocycles. The number of hydrogen-bond donors (Lipinski definition) is 0. The first-order valence-corrected chi connectivity index (χ1v) is 13.1. The third-order valence-corrected chi connectivity index (χ3v) is 8.98. The van der Waals surface area contributed by atoms with Crippen molar-refractivity contribution in [3.05, 3.63) is 40.7 Å². The number of nitrogens with zero attached hydrogens (tertiary/aromatic N) is 5. The Bertz CT molecular complexity index is 1220. The Morgan fingerprint density at radius 3 is 2.55 bits per heavy atom. The molecule has 0 N–H and O–H groups in total. The molecule has 1 unspecified atom stereocenters. The van der Waals surface area contributed by atoms with Crippen LogP contribution in [-0.2, 0) is 9.84 Å². The summed E-state index contributed by atoms with van der Waals surface area (Å²) < 4.78 is 26.7. The first-order valence-electron chi connectivity index (χ1n) is 10.5. The predicted molar refractivity (Wildman–Crippen MR) is 122 cm³/mol. The lowest BCUT2D eigenvalue weighted by atomic mass is 10.2. The Kier molecular flexibility index (Phi) is 5.01. The molecule has 0 saturated carbocycles. The third kappa shape index (κ3) is 3.71. The highest BCUT2D eigenvalue weighted by atomic mass is 32.2. The molecule has 164 valence electrons. The summed E-state index contributed by atoms with van der Waals surface area (Å²) in [5, 5.41) is 5.22. The molecule has 2 aromatic heterocycles. The van der Waals surface area contributed by atoms with Gasteiger partial charge in [-0.1, -0.05) is 12.1 Å². The number of thiazole rings is 1. The van der Waals surface area contributed by atoms with Crippen molar-refractivity contribution in [3.63, 3.8) is 0 Å². The summed E-state index contributed by atoms with van der Waals surface area (Å²) in [6.07, 6.45) is 0.619. The molecule has 0 aliphatic carbocycles. The highest BCUT2D eigenvalue weighted by Gasteiger charge is 2.33. The zero-order chi connectivity index (χ0) is 21.8. The van der Waals surface area contributed by atoms with Crippen molar-refractivity contribution >= 4 is 43.0 Å². The van der Waals surface area contributed by atoms with Crippen LogP contribution in [0.4, 0.5) is 5.69 Å². The van der Waals surface area contributed by atoms with Crippen molar-refractivity contribution < 1.29 is 13.2 Å². The number of fused-ring (bicyclic) bond motifs is 1. The van der Waals surface area contributed by atoms with Gasteiger partial charge in [-0.05, 0) is 32.4 Å². The Morgan fingerprint density at radius 2 is 1.87 bits per heavy atom. The fraction of sp³-hybridized carbons (Fsp3) is 0.476. The van der Waals surface area contributed by atoms with E-state index in [1.807, 2.05) is 47.7 Å². The van der Waals surface area contributed by atoms with Gasteiger partial charge in [-0.25, -0.2) is 13.4 Å². The highest BCUT2D eigenvalue weighted by molar-refractivity contribution is 7.91. The molecule has 31 heavy (non-hydrogen) atoms.